The molecule has 0 bridgehead atoms. The van der Waals surface area contributed by atoms with E-state index in [0.717, 1.165) is 37.7 Å². The van der Waals surface area contributed by atoms with Crippen LogP contribution in [0.15, 0.2) is 41.1 Å². The van der Waals surface area contributed by atoms with Gasteiger partial charge < -0.3 is 18.8 Å². The quantitative estimate of drug-likeness (QED) is 0.565. The highest BCUT2D eigenvalue weighted by molar-refractivity contribution is 7.71. The van der Waals surface area contributed by atoms with E-state index in [9.17, 15) is 0 Å². The van der Waals surface area contributed by atoms with E-state index in [1.165, 1.54) is 0 Å². The lowest BCUT2D eigenvalue weighted by atomic mass is 10.2. The maximum absolute atomic E-state index is 5.74. The summed E-state index contributed by atoms with van der Waals surface area (Å²) in [7, 11) is 3.21. The van der Waals surface area contributed by atoms with Gasteiger partial charge in [-0.05, 0) is 30.4 Å². The summed E-state index contributed by atoms with van der Waals surface area (Å²) in [6.45, 7) is 3.95. The largest absolute Gasteiger partial charge is 0.497 e. The number of hydrogen-bond donors (Lipinski definition) is 0. The average molecular weight is 414 g/mol. The predicted octanol–water partition coefficient (Wildman–Crippen LogP) is 2.46. The monoisotopic (exact) mass is 414 g/mol. The van der Waals surface area contributed by atoms with Gasteiger partial charge in [-0.2, -0.15) is 0 Å². The summed E-state index contributed by atoms with van der Waals surface area (Å²) in [5.41, 5.74) is 0.726. The molecule has 9 nitrogen and oxygen atoms in total. The number of nitrogens with zero attached hydrogens (tertiary/aromatic N) is 6. The molecule has 0 atom stereocenters. The molecule has 0 amide bonds. The van der Waals surface area contributed by atoms with E-state index >= 15 is 0 Å². The van der Waals surface area contributed by atoms with Gasteiger partial charge in [0.05, 0.1) is 26.5 Å². The Morgan fingerprint density at radius 1 is 1.07 bits per heavy atom. The Kier molecular flexibility index (Phi) is 5.72. The van der Waals surface area contributed by atoms with E-state index in [1.54, 1.807) is 37.4 Å². The number of hydrogen-bond acceptors (Lipinski definition) is 9. The lowest BCUT2D eigenvalue weighted by molar-refractivity contribution is 0.191. The standard InChI is InChI=1S/C19H22N6O3S/c1-26-14-4-5-15(16(12-14)27-2)17-22-25(19(29)28-17)13-23-8-10-24(11-9-23)18-20-6-3-7-21-18/h3-7,12H,8-11,13H2,1-2H3. The van der Waals surface area contributed by atoms with Crippen molar-refractivity contribution in [2.24, 2.45) is 0 Å². The third kappa shape index (κ3) is 4.22. The molecule has 152 valence electrons. The number of methoxy groups -OCH3 is 2. The Hall–Kier alpha value is -2.98. The molecule has 1 saturated heterocycles. The zero-order valence-electron chi connectivity index (χ0n) is 16.3. The number of benzene rings is 1. The van der Waals surface area contributed by atoms with Crippen molar-refractivity contribution in [3.8, 4) is 23.0 Å². The molecule has 0 radical (unpaired) electrons. The molecular formula is C19H22N6O3S. The molecule has 0 saturated carbocycles. The summed E-state index contributed by atoms with van der Waals surface area (Å²) in [4.78, 5) is 13.4. The van der Waals surface area contributed by atoms with Gasteiger partial charge in [0.15, 0.2) is 0 Å². The molecule has 1 fully saturated rings. The summed E-state index contributed by atoms with van der Waals surface area (Å²) in [6, 6.07) is 7.29. The molecule has 0 spiro atoms. The number of aromatic nitrogens is 4. The lowest BCUT2D eigenvalue weighted by Gasteiger charge is -2.34. The molecule has 3 heterocycles. The first-order valence-corrected chi connectivity index (χ1v) is 9.63. The van der Waals surface area contributed by atoms with Crippen molar-refractivity contribution in [1.82, 2.24) is 24.6 Å². The van der Waals surface area contributed by atoms with Crippen LogP contribution in [0.4, 0.5) is 5.95 Å². The van der Waals surface area contributed by atoms with Gasteiger partial charge in [-0.1, -0.05) is 0 Å². The summed E-state index contributed by atoms with van der Waals surface area (Å²) in [6.07, 6.45) is 3.52. The fourth-order valence-corrected chi connectivity index (χ4v) is 3.39. The first-order chi connectivity index (χ1) is 14.2. The second-order valence-electron chi connectivity index (χ2n) is 6.53. The highest BCUT2D eigenvalue weighted by Crippen LogP contribution is 2.32. The van der Waals surface area contributed by atoms with E-state index < -0.39 is 0 Å². The minimum atomic E-state index is 0.326. The Labute approximate surface area is 173 Å². The predicted molar refractivity (Wildman–Crippen MR) is 110 cm³/mol. The first kappa shape index (κ1) is 19.3. The topological polar surface area (TPSA) is 81.7 Å². The van der Waals surface area contributed by atoms with Crippen LogP contribution in [0.3, 0.4) is 0 Å². The van der Waals surface area contributed by atoms with E-state index in [0.29, 0.717) is 28.9 Å². The number of rotatable bonds is 6. The van der Waals surface area contributed by atoms with Crippen molar-refractivity contribution in [2.75, 3.05) is 45.3 Å². The van der Waals surface area contributed by atoms with E-state index in [4.69, 9.17) is 26.1 Å². The minimum absolute atomic E-state index is 0.326. The number of anilines is 1. The zero-order valence-corrected chi connectivity index (χ0v) is 17.1. The normalized spacial score (nSPS) is 14.8. The van der Waals surface area contributed by atoms with Gasteiger partial charge in [0.25, 0.3) is 10.7 Å². The van der Waals surface area contributed by atoms with Crippen LogP contribution in [-0.4, -0.2) is 65.0 Å². The molecule has 1 aliphatic rings. The van der Waals surface area contributed by atoms with Gasteiger partial charge in [0.1, 0.15) is 11.5 Å². The molecule has 1 aromatic carbocycles. The fourth-order valence-electron chi connectivity index (χ4n) is 3.21. The average Bonchev–Trinajstić information content (AvgIpc) is 3.14. The highest BCUT2D eigenvalue weighted by atomic mass is 32.1. The van der Waals surface area contributed by atoms with Gasteiger partial charge in [0.2, 0.25) is 5.95 Å². The summed E-state index contributed by atoms with van der Waals surface area (Å²) in [5, 5.41) is 4.56. The van der Waals surface area contributed by atoms with Crippen LogP contribution in [0.25, 0.3) is 11.5 Å². The van der Waals surface area contributed by atoms with Gasteiger partial charge in [-0.15, -0.1) is 5.10 Å². The van der Waals surface area contributed by atoms with Crippen LogP contribution in [-0.2, 0) is 6.67 Å². The van der Waals surface area contributed by atoms with Crippen molar-refractivity contribution in [3.63, 3.8) is 0 Å². The Balaban J connectivity index is 1.45. The molecule has 3 aromatic rings. The zero-order chi connectivity index (χ0) is 20.2. The second kappa shape index (κ2) is 8.58. The van der Waals surface area contributed by atoms with Crippen LogP contribution < -0.4 is 14.4 Å². The van der Waals surface area contributed by atoms with E-state index in [1.807, 2.05) is 18.2 Å². The summed E-state index contributed by atoms with van der Waals surface area (Å²) >= 11 is 5.38. The Bertz CT molecular complexity index is 1010. The molecule has 10 heteroatoms. The van der Waals surface area contributed by atoms with Crippen molar-refractivity contribution >= 4 is 18.2 Å². The number of piperazine rings is 1. The van der Waals surface area contributed by atoms with Gasteiger partial charge >= 0.3 is 0 Å². The van der Waals surface area contributed by atoms with Gasteiger partial charge in [-0.3, -0.25) is 4.90 Å². The molecule has 4 rings (SSSR count). The van der Waals surface area contributed by atoms with Crippen LogP contribution in [0.5, 0.6) is 11.5 Å². The smallest absolute Gasteiger partial charge is 0.288 e. The molecule has 0 unspecified atom stereocenters. The van der Waals surface area contributed by atoms with E-state index in [-0.39, 0.29) is 0 Å². The van der Waals surface area contributed by atoms with Crippen LogP contribution >= 0.6 is 12.2 Å². The Morgan fingerprint density at radius 2 is 1.83 bits per heavy atom. The third-order valence-corrected chi connectivity index (χ3v) is 5.08. The summed E-state index contributed by atoms with van der Waals surface area (Å²) < 4.78 is 18.1. The van der Waals surface area contributed by atoms with Crippen LogP contribution in [0.1, 0.15) is 0 Å². The minimum Gasteiger partial charge on any atom is -0.497 e. The van der Waals surface area contributed by atoms with Gasteiger partial charge in [0, 0.05) is 44.6 Å². The van der Waals surface area contributed by atoms with Crippen LogP contribution in [0.2, 0.25) is 0 Å². The van der Waals surface area contributed by atoms with Crippen molar-refractivity contribution in [1.29, 1.82) is 0 Å². The van der Waals surface area contributed by atoms with Gasteiger partial charge in [-0.25, -0.2) is 14.6 Å². The van der Waals surface area contributed by atoms with Crippen molar-refractivity contribution in [2.45, 2.75) is 6.67 Å². The fraction of sp³-hybridized carbons (Fsp3) is 0.368. The molecule has 0 N–H and O–H groups in total. The SMILES string of the molecule is COc1ccc(-c2nn(CN3CCN(c4ncccn4)CC3)c(=S)o2)c(OC)c1. The molecule has 1 aliphatic heterocycles. The lowest BCUT2D eigenvalue weighted by Crippen LogP contribution is -2.47. The molecule has 29 heavy (non-hydrogen) atoms. The third-order valence-electron chi connectivity index (χ3n) is 4.79. The second-order valence-corrected chi connectivity index (χ2v) is 6.88. The number of ether oxygens (including phenoxy) is 2. The molecule has 2 aromatic heterocycles. The van der Waals surface area contributed by atoms with Crippen LogP contribution in [0, 0.1) is 4.84 Å². The molecule has 0 aliphatic carbocycles. The maximum atomic E-state index is 5.74. The Morgan fingerprint density at radius 3 is 2.52 bits per heavy atom. The van der Waals surface area contributed by atoms with E-state index in [2.05, 4.69) is 24.9 Å². The van der Waals surface area contributed by atoms with Crippen molar-refractivity contribution in [3.05, 3.63) is 41.5 Å². The maximum Gasteiger partial charge on any atom is 0.288 e. The summed E-state index contributed by atoms with van der Waals surface area (Å²) in [5.74, 6) is 2.50. The van der Waals surface area contributed by atoms with Crippen molar-refractivity contribution < 1.29 is 13.9 Å². The first-order valence-electron chi connectivity index (χ1n) is 9.22. The molecular weight excluding hydrogens is 392 g/mol. The highest BCUT2D eigenvalue weighted by Gasteiger charge is 2.21.